The predicted molar refractivity (Wildman–Crippen MR) is 139 cm³/mol. The van der Waals surface area contributed by atoms with Gasteiger partial charge in [0, 0.05) is 40.1 Å². The zero-order chi connectivity index (χ0) is 29.0. The molecule has 2 bridgehead atoms. The van der Waals surface area contributed by atoms with Gasteiger partial charge < -0.3 is 23.4 Å². The molecular weight excluding hydrogens is 516 g/mol. The second-order valence-electron chi connectivity index (χ2n) is 14.0. The van der Waals surface area contributed by atoms with E-state index < -0.39 is 63.9 Å². The van der Waals surface area contributed by atoms with Crippen molar-refractivity contribution in [2.75, 3.05) is 7.11 Å². The molecule has 3 saturated carbocycles. The molecule has 0 N–H and O–H groups in total. The van der Waals surface area contributed by atoms with Crippen LogP contribution in [0.3, 0.4) is 0 Å². The van der Waals surface area contributed by atoms with Crippen molar-refractivity contribution in [1.29, 1.82) is 0 Å². The number of furan rings is 1. The Bertz CT molecular complexity index is 1250. The van der Waals surface area contributed by atoms with Crippen molar-refractivity contribution in [2.24, 2.45) is 45.8 Å². The molecule has 6 rings (SSSR count). The van der Waals surface area contributed by atoms with Crippen LogP contribution in [0.2, 0.25) is 0 Å². The van der Waals surface area contributed by atoms with Crippen LogP contribution in [0.25, 0.3) is 0 Å². The van der Waals surface area contributed by atoms with Crippen molar-refractivity contribution in [1.82, 2.24) is 0 Å². The lowest BCUT2D eigenvalue weighted by Crippen LogP contribution is -2.72. The number of carbonyl (C=O) groups excluding carboxylic acids is 4. The first-order valence-corrected chi connectivity index (χ1v) is 14.5. The Labute approximate surface area is 234 Å². The molecule has 0 radical (unpaired) electrons. The minimum Gasteiger partial charge on any atom is -0.472 e. The van der Waals surface area contributed by atoms with Gasteiger partial charge in [0.15, 0.2) is 0 Å². The van der Waals surface area contributed by atoms with E-state index in [-0.39, 0.29) is 42.3 Å². The Hall–Kier alpha value is -2.68. The summed E-state index contributed by atoms with van der Waals surface area (Å²) in [5.74, 6) is -3.09. The lowest BCUT2D eigenvalue weighted by molar-refractivity contribution is -0.222. The average molecular weight is 557 g/mol. The van der Waals surface area contributed by atoms with Gasteiger partial charge in [-0.05, 0) is 24.8 Å². The molecule has 3 aliphatic carbocycles. The number of ether oxygens (including phenoxy) is 4. The molecule has 2 saturated heterocycles. The van der Waals surface area contributed by atoms with Crippen LogP contribution >= 0.6 is 0 Å². The zero-order valence-corrected chi connectivity index (χ0v) is 24.4. The van der Waals surface area contributed by atoms with Crippen molar-refractivity contribution in [2.45, 2.75) is 91.1 Å². The highest BCUT2D eigenvalue weighted by atomic mass is 16.6. The molecule has 0 aromatic carbocycles. The van der Waals surface area contributed by atoms with Crippen LogP contribution in [-0.4, -0.2) is 48.6 Å². The number of Topliss-reactive ketones (excluding diaryl/α,β-unsaturated/α-hetero) is 1. The fourth-order valence-electron chi connectivity index (χ4n) is 9.57. The smallest absolute Gasteiger partial charge is 0.308 e. The number of carbonyl (C=O) groups is 4. The highest BCUT2D eigenvalue weighted by Crippen LogP contribution is 2.77. The quantitative estimate of drug-likeness (QED) is 0.294. The first-order valence-electron chi connectivity index (χ1n) is 14.5. The maximum absolute atomic E-state index is 14.6. The monoisotopic (exact) mass is 556 g/mol. The summed E-state index contributed by atoms with van der Waals surface area (Å²) in [5, 5.41) is 0. The molecular formula is C31H40O9. The Morgan fingerprint density at radius 1 is 1.12 bits per heavy atom. The second-order valence-corrected chi connectivity index (χ2v) is 14.0. The molecule has 5 fully saturated rings. The summed E-state index contributed by atoms with van der Waals surface area (Å²) >= 11 is 0. The lowest BCUT2D eigenvalue weighted by Gasteiger charge is -2.65. The molecule has 1 spiro atoms. The van der Waals surface area contributed by atoms with Gasteiger partial charge in [0.25, 0.3) is 0 Å². The fraction of sp³-hybridized carbons (Fsp3) is 0.742. The molecule has 5 aliphatic rings. The Balaban J connectivity index is 1.49. The van der Waals surface area contributed by atoms with Crippen LogP contribution in [0, 0.1) is 45.8 Å². The molecule has 218 valence electrons. The number of methoxy groups -OCH3 is 1. The molecule has 9 nitrogen and oxygen atoms in total. The van der Waals surface area contributed by atoms with Crippen LogP contribution in [0.5, 0.6) is 0 Å². The first kappa shape index (κ1) is 27.5. The SMILES string of the molecule is COC(=O)C[C@H]1C(C)(C)[C@H](OC(=O)C(C)C)[C@H]2C(=O)[C@]1(C)[C@H]1CC[C@]3(C)[C@@H](CC(=O)O[C@H]3c3ccoc3)[C@]13O[C@H]23. The number of esters is 3. The maximum Gasteiger partial charge on any atom is 0.308 e. The maximum atomic E-state index is 14.6. The van der Waals surface area contributed by atoms with Gasteiger partial charge in [-0.2, -0.15) is 0 Å². The Morgan fingerprint density at radius 3 is 2.48 bits per heavy atom. The third kappa shape index (κ3) is 3.36. The van der Waals surface area contributed by atoms with E-state index in [4.69, 9.17) is 23.4 Å². The minimum absolute atomic E-state index is 0.0150. The molecule has 0 unspecified atom stereocenters. The number of epoxide rings is 1. The number of hydrogen-bond acceptors (Lipinski definition) is 9. The standard InChI is InChI=1S/C31H40O9/c1-15(2)27(35)39-25-22-23(34)30(6,18(28(25,3)4)12-20(32)36-7)17-8-10-29(5)19(31(17)26(22)40-31)13-21(33)38-24(29)16-9-11-37-14-16/h9,11,14-15,17-19,22,24-26H,8,10,12-13H2,1-7H3/t17-,18+,19-,22-,24+,25-,26-,29-,30-,31-/m1/s1. The van der Waals surface area contributed by atoms with Crippen LogP contribution in [0.15, 0.2) is 23.0 Å². The van der Waals surface area contributed by atoms with Crippen LogP contribution in [-0.2, 0) is 38.1 Å². The third-order valence-corrected chi connectivity index (χ3v) is 11.5. The summed E-state index contributed by atoms with van der Waals surface area (Å²) in [4.78, 5) is 53.5. The van der Waals surface area contributed by atoms with E-state index in [1.807, 2.05) is 26.8 Å². The van der Waals surface area contributed by atoms with Crippen LogP contribution in [0.4, 0.5) is 0 Å². The number of rotatable bonds is 5. The molecule has 40 heavy (non-hydrogen) atoms. The van der Waals surface area contributed by atoms with Crippen molar-refractivity contribution in [3.8, 4) is 0 Å². The number of ketones is 1. The lowest BCUT2D eigenvalue weighted by atomic mass is 9.37. The van der Waals surface area contributed by atoms with Gasteiger partial charge in [-0.25, -0.2) is 0 Å². The highest BCUT2D eigenvalue weighted by Gasteiger charge is 2.86. The average Bonchev–Trinajstić information content (AvgIpc) is 3.35. The molecule has 1 aromatic heterocycles. The minimum atomic E-state index is -0.941. The highest BCUT2D eigenvalue weighted by molar-refractivity contribution is 5.93. The molecule has 9 heteroatoms. The van der Waals surface area contributed by atoms with Gasteiger partial charge in [-0.1, -0.05) is 41.5 Å². The topological polar surface area (TPSA) is 122 Å². The summed E-state index contributed by atoms with van der Waals surface area (Å²) in [6.07, 6.45) is 3.02. The zero-order valence-electron chi connectivity index (χ0n) is 24.4. The fourth-order valence-corrected chi connectivity index (χ4v) is 9.57. The van der Waals surface area contributed by atoms with E-state index in [1.165, 1.54) is 7.11 Å². The summed E-state index contributed by atoms with van der Waals surface area (Å²) in [6, 6.07) is 1.83. The van der Waals surface area contributed by atoms with E-state index in [1.54, 1.807) is 26.4 Å². The Kier molecular flexibility index (Phi) is 5.95. The van der Waals surface area contributed by atoms with Crippen LogP contribution < -0.4 is 0 Å². The van der Waals surface area contributed by atoms with Gasteiger partial charge in [0.2, 0.25) is 0 Å². The van der Waals surface area contributed by atoms with Crippen molar-refractivity contribution >= 4 is 23.7 Å². The summed E-state index contributed by atoms with van der Waals surface area (Å²) in [5.41, 5.74) is -2.07. The third-order valence-electron chi connectivity index (χ3n) is 11.5. The van der Waals surface area contributed by atoms with Gasteiger partial charge in [-0.3, -0.25) is 19.2 Å². The molecule has 10 atom stereocenters. The summed E-state index contributed by atoms with van der Waals surface area (Å²) < 4.78 is 29.3. The van der Waals surface area contributed by atoms with Crippen molar-refractivity contribution < 1.29 is 42.5 Å². The van der Waals surface area contributed by atoms with E-state index in [2.05, 4.69) is 6.92 Å². The first-order chi connectivity index (χ1) is 18.7. The van der Waals surface area contributed by atoms with Crippen LogP contribution in [0.1, 0.15) is 78.9 Å². The van der Waals surface area contributed by atoms with Gasteiger partial charge >= 0.3 is 17.9 Å². The molecule has 2 aliphatic heterocycles. The molecule has 1 aromatic rings. The van der Waals surface area contributed by atoms with Gasteiger partial charge in [-0.15, -0.1) is 0 Å². The second kappa shape index (κ2) is 8.66. The van der Waals surface area contributed by atoms with E-state index in [0.29, 0.717) is 12.8 Å². The summed E-state index contributed by atoms with van der Waals surface area (Å²) in [6.45, 7) is 11.6. The largest absolute Gasteiger partial charge is 0.472 e. The Morgan fingerprint density at radius 2 is 1.85 bits per heavy atom. The predicted octanol–water partition coefficient (Wildman–Crippen LogP) is 4.43. The number of fused-ring (bicyclic) bond motifs is 5. The van der Waals surface area contributed by atoms with Crippen molar-refractivity contribution in [3.63, 3.8) is 0 Å². The number of hydrogen-bond donors (Lipinski definition) is 0. The van der Waals surface area contributed by atoms with Gasteiger partial charge in [0.1, 0.15) is 29.7 Å². The van der Waals surface area contributed by atoms with Crippen molar-refractivity contribution in [3.05, 3.63) is 24.2 Å². The summed E-state index contributed by atoms with van der Waals surface area (Å²) in [7, 11) is 1.35. The van der Waals surface area contributed by atoms with E-state index >= 15 is 0 Å². The van der Waals surface area contributed by atoms with E-state index in [0.717, 1.165) is 5.56 Å². The normalized spacial score (nSPS) is 44.5. The van der Waals surface area contributed by atoms with Gasteiger partial charge in [0.05, 0.1) is 37.9 Å². The van der Waals surface area contributed by atoms with E-state index in [9.17, 15) is 19.2 Å². The molecule has 3 heterocycles. The number of cyclic esters (lactones) is 1. The molecule has 0 amide bonds.